The van der Waals surface area contributed by atoms with Gasteiger partial charge in [0.1, 0.15) is 5.75 Å². The third-order valence-electron chi connectivity index (χ3n) is 4.54. The molecule has 0 aliphatic heterocycles. The van der Waals surface area contributed by atoms with Crippen LogP contribution >= 0.6 is 0 Å². The summed E-state index contributed by atoms with van der Waals surface area (Å²) in [5.41, 5.74) is 2.50. The molecule has 5 heteroatoms. The van der Waals surface area contributed by atoms with E-state index in [1.807, 2.05) is 25.1 Å². The minimum absolute atomic E-state index is 0.330. The average Bonchev–Trinajstić information content (AvgIpc) is 2.66. The molecular weight excluding hydrogens is 346 g/mol. The first-order chi connectivity index (χ1) is 12.5. The van der Waals surface area contributed by atoms with Gasteiger partial charge in [0.2, 0.25) is 0 Å². The number of fused-ring (bicyclic) bond motifs is 1. The summed E-state index contributed by atoms with van der Waals surface area (Å²) in [5.74, 6) is 0.604. The molecule has 0 atom stereocenters. The van der Waals surface area contributed by atoms with Crippen molar-refractivity contribution in [2.45, 2.75) is 31.6 Å². The summed E-state index contributed by atoms with van der Waals surface area (Å²) < 4.78 is 34.0. The van der Waals surface area contributed by atoms with Crippen molar-refractivity contribution >= 4 is 26.5 Å². The Morgan fingerprint density at radius 1 is 0.962 bits per heavy atom. The molecular formula is C21H23NO3S. The second-order valence-electron chi connectivity index (χ2n) is 6.10. The second-order valence-corrected chi connectivity index (χ2v) is 7.75. The lowest BCUT2D eigenvalue weighted by atomic mass is 9.96. The van der Waals surface area contributed by atoms with Crippen LogP contribution in [-0.2, 0) is 22.9 Å². The molecule has 0 saturated carbocycles. The highest BCUT2D eigenvalue weighted by molar-refractivity contribution is 7.92. The van der Waals surface area contributed by atoms with Gasteiger partial charge >= 0.3 is 0 Å². The Kier molecular flexibility index (Phi) is 5.18. The number of hydrogen-bond donors (Lipinski definition) is 1. The third kappa shape index (κ3) is 3.40. The Balaban J connectivity index is 2.14. The highest BCUT2D eigenvalue weighted by atomic mass is 32.2. The Labute approximate surface area is 154 Å². The standard InChI is InChI=1S/C21H23NO3S/c1-4-15-8-6-9-16-12-13-20(19(5-2)21(15)16)26(23,24)22-17-10-7-11-18(14-17)25-3/h6-14,22H,4-5H2,1-3H3. The van der Waals surface area contributed by atoms with Gasteiger partial charge in [-0.2, -0.15) is 0 Å². The van der Waals surface area contributed by atoms with Crippen molar-refractivity contribution in [3.8, 4) is 5.75 Å². The maximum absolute atomic E-state index is 13.1. The van der Waals surface area contributed by atoms with Gasteiger partial charge in [-0.3, -0.25) is 4.72 Å². The summed E-state index contributed by atoms with van der Waals surface area (Å²) in [4.78, 5) is 0.330. The highest BCUT2D eigenvalue weighted by Gasteiger charge is 2.21. The van der Waals surface area contributed by atoms with E-state index in [4.69, 9.17) is 4.74 Å². The predicted molar refractivity (Wildman–Crippen MR) is 107 cm³/mol. The summed E-state index contributed by atoms with van der Waals surface area (Å²) in [6.45, 7) is 4.08. The van der Waals surface area contributed by atoms with Crippen LogP contribution in [0.2, 0.25) is 0 Å². The van der Waals surface area contributed by atoms with Gasteiger partial charge in [-0.05, 0) is 52.9 Å². The molecule has 0 saturated heterocycles. The van der Waals surface area contributed by atoms with Crippen molar-refractivity contribution in [1.29, 1.82) is 0 Å². The Morgan fingerprint density at radius 3 is 2.42 bits per heavy atom. The fourth-order valence-corrected chi connectivity index (χ4v) is 4.68. The maximum Gasteiger partial charge on any atom is 0.262 e. The first kappa shape index (κ1) is 18.3. The maximum atomic E-state index is 13.1. The molecule has 3 aromatic carbocycles. The second kappa shape index (κ2) is 7.38. The van der Waals surface area contributed by atoms with E-state index in [0.29, 0.717) is 22.8 Å². The van der Waals surface area contributed by atoms with E-state index in [-0.39, 0.29) is 0 Å². The summed E-state index contributed by atoms with van der Waals surface area (Å²) in [7, 11) is -2.15. The molecule has 0 heterocycles. The fourth-order valence-electron chi connectivity index (χ4n) is 3.31. The minimum atomic E-state index is -3.70. The summed E-state index contributed by atoms with van der Waals surface area (Å²) >= 11 is 0. The van der Waals surface area contributed by atoms with Gasteiger partial charge in [-0.1, -0.05) is 44.2 Å². The van der Waals surface area contributed by atoms with Crippen LogP contribution in [0.15, 0.2) is 59.5 Å². The van der Waals surface area contributed by atoms with E-state index >= 15 is 0 Å². The van der Waals surface area contributed by atoms with E-state index in [2.05, 4.69) is 17.7 Å². The molecule has 0 unspecified atom stereocenters. The van der Waals surface area contributed by atoms with E-state index in [1.165, 1.54) is 0 Å². The summed E-state index contributed by atoms with van der Waals surface area (Å²) in [6, 6.07) is 16.6. The normalized spacial score (nSPS) is 11.5. The van der Waals surface area contributed by atoms with Crippen molar-refractivity contribution in [2.75, 3.05) is 11.8 Å². The van der Waals surface area contributed by atoms with Crippen molar-refractivity contribution in [3.05, 3.63) is 65.7 Å². The number of sulfonamides is 1. The van der Waals surface area contributed by atoms with Crippen LogP contribution < -0.4 is 9.46 Å². The predicted octanol–water partition coefficient (Wildman–Crippen LogP) is 4.77. The smallest absolute Gasteiger partial charge is 0.262 e. The molecule has 3 rings (SSSR count). The molecule has 0 fully saturated rings. The third-order valence-corrected chi connectivity index (χ3v) is 6.01. The Bertz CT molecular complexity index is 1040. The molecule has 26 heavy (non-hydrogen) atoms. The first-order valence-corrected chi connectivity index (χ1v) is 10.2. The zero-order valence-electron chi connectivity index (χ0n) is 15.2. The lowest BCUT2D eigenvalue weighted by molar-refractivity contribution is 0.415. The number of benzene rings is 3. The van der Waals surface area contributed by atoms with Gasteiger partial charge < -0.3 is 4.74 Å². The first-order valence-electron chi connectivity index (χ1n) is 8.70. The number of hydrogen-bond acceptors (Lipinski definition) is 3. The van der Waals surface area contributed by atoms with Gasteiger partial charge in [-0.15, -0.1) is 0 Å². The topological polar surface area (TPSA) is 55.4 Å². The number of rotatable bonds is 6. The number of aryl methyl sites for hydroxylation is 2. The lowest BCUT2D eigenvalue weighted by Crippen LogP contribution is -2.15. The Morgan fingerprint density at radius 2 is 1.73 bits per heavy atom. The van der Waals surface area contributed by atoms with Gasteiger partial charge in [0.05, 0.1) is 17.7 Å². The van der Waals surface area contributed by atoms with Crippen LogP contribution in [0.5, 0.6) is 5.75 Å². The summed E-state index contributed by atoms with van der Waals surface area (Å²) in [5, 5.41) is 2.12. The SMILES string of the molecule is CCc1cccc2ccc(S(=O)(=O)Nc3cccc(OC)c3)c(CC)c12. The van der Waals surface area contributed by atoms with Crippen molar-refractivity contribution < 1.29 is 13.2 Å². The molecule has 0 radical (unpaired) electrons. The number of ether oxygens (including phenoxy) is 1. The van der Waals surface area contributed by atoms with E-state index in [1.54, 1.807) is 37.4 Å². The zero-order chi connectivity index (χ0) is 18.7. The zero-order valence-corrected chi connectivity index (χ0v) is 16.1. The Hall–Kier alpha value is -2.53. The average molecular weight is 369 g/mol. The van der Waals surface area contributed by atoms with E-state index in [9.17, 15) is 8.42 Å². The molecule has 4 nitrogen and oxygen atoms in total. The van der Waals surface area contributed by atoms with Crippen molar-refractivity contribution in [1.82, 2.24) is 0 Å². The van der Waals surface area contributed by atoms with Crippen molar-refractivity contribution in [2.24, 2.45) is 0 Å². The molecule has 0 aliphatic carbocycles. The van der Waals surface area contributed by atoms with Crippen LogP contribution in [0.25, 0.3) is 10.8 Å². The van der Waals surface area contributed by atoms with Gasteiger partial charge in [0.15, 0.2) is 0 Å². The largest absolute Gasteiger partial charge is 0.497 e. The van der Waals surface area contributed by atoms with Crippen LogP contribution in [0, 0.1) is 0 Å². The number of nitrogens with one attached hydrogen (secondary N) is 1. The monoisotopic (exact) mass is 369 g/mol. The number of anilines is 1. The molecule has 1 N–H and O–H groups in total. The molecule has 0 bridgehead atoms. The summed E-state index contributed by atoms with van der Waals surface area (Å²) in [6.07, 6.45) is 1.50. The molecule has 3 aromatic rings. The molecule has 0 aromatic heterocycles. The number of methoxy groups -OCH3 is 1. The van der Waals surface area contributed by atoms with Crippen molar-refractivity contribution in [3.63, 3.8) is 0 Å². The van der Waals surface area contributed by atoms with Crippen LogP contribution in [-0.4, -0.2) is 15.5 Å². The van der Waals surface area contributed by atoms with Gasteiger partial charge in [-0.25, -0.2) is 8.42 Å². The van der Waals surface area contributed by atoms with Crippen LogP contribution in [0.4, 0.5) is 5.69 Å². The van der Waals surface area contributed by atoms with Crippen LogP contribution in [0.3, 0.4) is 0 Å². The molecule has 136 valence electrons. The van der Waals surface area contributed by atoms with E-state index in [0.717, 1.165) is 28.3 Å². The fraction of sp³-hybridized carbons (Fsp3) is 0.238. The van der Waals surface area contributed by atoms with Gasteiger partial charge in [0.25, 0.3) is 10.0 Å². The minimum Gasteiger partial charge on any atom is -0.497 e. The molecule has 0 spiro atoms. The van der Waals surface area contributed by atoms with E-state index < -0.39 is 10.0 Å². The molecule has 0 aliphatic rings. The lowest BCUT2D eigenvalue weighted by Gasteiger charge is -2.16. The highest BCUT2D eigenvalue weighted by Crippen LogP contribution is 2.31. The van der Waals surface area contributed by atoms with Gasteiger partial charge in [0, 0.05) is 6.07 Å². The quantitative estimate of drug-likeness (QED) is 0.681. The van der Waals surface area contributed by atoms with Crippen LogP contribution in [0.1, 0.15) is 25.0 Å². The molecule has 0 amide bonds.